The molecule has 10 heteroatoms. The Balaban J connectivity index is 2.26. The Kier molecular flexibility index (Phi) is 6.61. The molecule has 0 saturated heterocycles. The fourth-order valence-electron chi connectivity index (χ4n) is 2.32. The maximum atomic E-state index is 13.6. The Labute approximate surface area is 153 Å². The summed E-state index contributed by atoms with van der Waals surface area (Å²) in [4.78, 5) is 49.4. The van der Waals surface area contributed by atoms with Crippen molar-refractivity contribution >= 4 is 11.9 Å². The van der Waals surface area contributed by atoms with Crippen LogP contribution < -0.4 is 22.3 Å². The van der Waals surface area contributed by atoms with E-state index in [1.165, 1.54) is 6.92 Å². The van der Waals surface area contributed by atoms with Gasteiger partial charge in [-0.2, -0.15) is 4.39 Å². The molecule has 1 aromatic carbocycles. The van der Waals surface area contributed by atoms with Crippen LogP contribution in [0.5, 0.6) is 0 Å². The summed E-state index contributed by atoms with van der Waals surface area (Å²) in [6.45, 7) is 1.48. The number of nitrogens with zero attached hydrogens (tertiary/aromatic N) is 1. The van der Waals surface area contributed by atoms with Crippen LogP contribution in [0.3, 0.4) is 0 Å². The number of H-pyrrole nitrogens is 1. The summed E-state index contributed by atoms with van der Waals surface area (Å²) in [5.74, 6) is -3.06. The molecule has 1 heterocycles. The van der Waals surface area contributed by atoms with Crippen LogP contribution in [0.25, 0.3) is 0 Å². The standard InChI is InChI=1S/C17H19FN4O5/c1-2-27-16(25)13(22-9-11(18)14(23)21-17(22)26)20-15(24)12(19)8-10-6-4-3-5-7-10/h3-7,9,12-13H,2,8,19H2,1H3,(H,20,24)(H,21,23,26)/t12-,13?/m0/s1. The minimum Gasteiger partial charge on any atom is -0.463 e. The lowest BCUT2D eigenvalue weighted by Crippen LogP contribution is -2.50. The number of amides is 1. The molecular formula is C17H19FN4O5. The number of aromatic amines is 1. The molecule has 9 nitrogen and oxygen atoms in total. The van der Waals surface area contributed by atoms with Crippen LogP contribution in [0.4, 0.5) is 4.39 Å². The minimum atomic E-state index is -1.68. The highest BCUT2D eigenvalue weighted by atomic mass is 19.1. The van der Waals surface area contributed by atoms with Gasteiger partial charge in [-0.25, -0.2) is 9.59 Å². The highest BCUT2D eigenvalue weighted by Gasteiger charge is 2.28. The fourth-order valence-corrected chi connectivity index (χ4v) is 2.32. The van der Waals surface area contributed by atoms with Crippen LogP contribution in [-0.4, -0.2) is 34.1 Å². The first kappa shape index (κ1) is 20.0. The number of ether oxygens (including phenoxy) is 1. The number of carbonyl (C=O) groups excluding carboxylic acids is 2. The van der Waals surface area contributed by atoms with Crippen molar-refractivity contribution in [1.82, 2.24) is 14.9 Å². The number of aromatic nitrogens is 2. The smallest absolute Gasteiger partial charge is 0.350 e. The molecule has 0 saturated carbocycles. The number of nitrogens with two attached hydrogens (primary N) is 1. The summed E-state index contributed by atoms with van der Waals surface area (Å²) in [7, 11) is 0. The lowest BCUT2D eigenvalue weighted by molar-refractivity contribution is -0.150. The SMILES string of the molecule is CCOC(=O)C(NC(=O)[C@@H](N)Cc1ccccc1)n1cc(F)c(=O)[nH]c1=O. The number of rotatable bonds is 7. The molecule has 1 aromatic heterocycles. The van der Waals surface area contributed by atoms with Gasteiger partial charge in [0.1, 0.15) is 0 Å². The number of nitrogens with one attached hydrogen (secondary N) is 2. The van der Waals surface area contributed by atoms with E-state index < -0.39 is 41.2 Å². The van der Waals surface area contributed by atoms with Crippen molar-refractivity contribution in [3.05, 3.63) is 68.7 Å². The van der Waals surface area contributed by atoms with Gasteiger partial charge >= 0.3 is 11.7 Å². The fraction of sp³-hybridized carbons (Fsp3) is 0.294. The quantitative estimate of drug-likeness (QED) is 0.552. The molecule has 2 rings (SSSR count). The third-order valence-electron chi connectivity index (χ3n) is 3.63. The second kappa shape index (κ2) is 8.90. The first-order valence-corrected chi connectivity index (χ1v) is 8.11. The molecule has 1 unspecified atom stereocenters. The maximum absolute atomic E-state index is 13.6. The number of hydrogen-bond donors (Lipinski definition) is 3. The molecule has 1 amide bonds. The van der Waals surface area contributed by atoms with Crippen molar-refractivity contribution < 1.29 is 18.7 Å². The summed E-state index contributed by atoms with van der Waals surface area (Å²) >= 11 is 0. The molecule has 2 atom stereocenters. The number of esters is 1. The van der Waals surface area contributed by atoms with E-state index in [1.807, 2.05) is 6.07 Å². The largest absolute Gasteiger partial charge is 0.463 e. The second-order valence-corrected chi connectivity index (χ2v) is 5.60. The number of benzene rings is 1. The summed E-state index contributed by atoms with van der Waals surface area (Å²) in [5.41, 5.74) is 4.32. The van der Waals surface area contributed by atoms with E-state index in [1.54, 1.807) is 29.2 Å². The second-order valence-electron chi connectivity index (χ2n) is 5.60. The molecule has 27 heavy (non-hydrogen) atoms. The molecule has 0 spiro atoms. The molecule has 0 fully saturated rings. The van der Waals surface area contributed by atoms with E-state index in [0.29, 0.717) is 10.8 Å². The van der Waals surface area contributed by atoms with Crippen LogP contribution in [0, 0.1) is 5.82 Å². The topological polar surface area (TPSA) is 136 Å². The lowest BCUT2D eigenvalue weighted by atomic mass is 10.1. The van der Waals surface area contributed by atoms with Gasteiger partial charge in [-0.1, -0.05) is 30.3 Å². The van der Waals surface area contributed by atoms with Crippen LogP contribution in [0.1, 0.15) is 18.7 Å². The zero-order valence-electron chi connectivity index (χ0n) is 14.5. The summed E-state index contributed by atoms with van der Waals surface area (Å²) in [6, 6.07) is 7.89. The van der Waals surface area contributed by atoms with E-state index in [-0.39, 0.29) is 13.0 Å². The van der Waals surface area contributed by atoms with E-state index >= 15 is 0 Å². The molecule has 4 N–H and O–H groups in total. The minimum absolute atomic E-state index is 0.0398. The Hall–Kier alpha value is -3.27. The number of halogens is 1. The van der Waals surface area contributed by atoms with Gasteiger partial charge in [0.25, 0.3) is 5.56 Å². The van der Waals surface area contributed by atoms with Crippen LogP contribution in [0.15, 0.2) is 46.1 Å². The zero-order valence-corrected chi connectivity index (χ0v) is 14.5. The number of hydrogen-bond acceptors (Lipinski definition) is 6. The van der Waals surface area contributed by atoms with Gasteiger partial charge in [0, 0.05) is 0 Å². The molecule has 144 valence electrons. The summed E-state index contributed by atoms with van der Waals surface area (Å²) < 4.78 is 18.9. The first-order chi connectivity index (χ1) is 12.8. The third-order valence-corrected chi connectivity index (χ3v) is 3.63. The maximum Gasteiger partial charge on any atom is 0.350 e. The average Bonchev–Trinajstić information content (AvgIpc) is 2.63. The van der Waals surface area contributed by atoms with E-state index in [9.17, 15) is 23.6 Å². The molecule has 0 bridgehead atoms. The Morgan fingerprint density at radius 2 is 1.96 bits per heavy atom. The predicted octanol–water partition coefficient (Wildman–Crippen LogP) is -0.576. The van der Waals surface area contributed by atoms with Gasteiger partial charge in [-0.3, -0.25) is 19.1 Å². The molecule has 0 aliphatic rings. The van der Waals surface area contributed by atoms with Gasteiger partial charge < -0.3 is 15.8 Å². The monoisotopic (exact) mass is 378 g/mol. The third kappa shape index (κ3) is 5.11. The van der Waals surface area contributed by atoms with Crippen molar-refractivity contribution in [2.45, 2.75) is 25.6 Å². The first-order valence-electron chi connectivity index (χ1n) is 8.11. The molecular weight excluding hydrogens is 359 g/mol. The van der Waals surface area contributed by atoms with E-state index in [2.05, 4.69) is 5.32 Å². The van der Waals surface area contributed by atoms with Crippen molar-refractivity contribution in [2.24, 2.45) is 5.73 Å². The van der Waals surface area contributed by atoms with Gasteiger partial charge in [-0.15, -0.1) is 0 Å². The van der Waals surface area contributed by atoms with Gasteiger partial charge in [-0.05, 0) is 18.9 Å². The predicted molar refractivity (Wildman–Crippen MR) is 93.2 cm³/mol. The average molecular weight is 378 g/mol. The molecule has 0 aliphatic carbocycles. The van der Waals surface area contributed by atoms with Crippen LogP contribution >= 0.6 is 0 Å². The highest BCUT2D eigenvalue weighted by Crippen LogP contribution is 2.06. The van der Waals surface area contributed by atoms with Crippen LogP contribution in [0.2, 0.25) is 0 Å². The normalized spacial score (nSPS) is 12.9. The number of carbonyl (C=O) groups is 2. The molecule has 0 aliphatic heterocycles. The lowest BCUT2D eigenvalue weighted by Gasteiger charge is -2.21. The van der Waals surface area contributed by atoms with Gasteiger partial charge in [0.15, 0.2) is 0 Å². The Morgan fingerprint density at radius 3 is 2.59 bits per heavy atom. The van der Waals surface area contributed by atoms with Gasteiger partial charge in [0.05, 0.1) is 18.8 Å². The Morgan fingerprint density at radius 1 is 1.30 bits per heavy atom. The zero-order chi connectivity index (χ0) is 20.0. The van der Waals surface area contributed by atoms with Crippen molar-refractivity contribution in [2.75, 3.05) is 6.61 Å². The van der Waals surface area contributed by atoms with E-state index in [0.717, 1.165) is 5.56 Å². The summed E-state index contributed by atoms with van der Waals surface area (Å²) in [6.07, 6.45) is -0.985. The molecule has 2 aromatic rings. The van der Waals surface area contributed by atoms with Crippen LogP contribution in [-0.2, 0) is 20.7 Å². The Bertz CT molecular complexity index is 925. The van der Waals surface area contributed by atoms with E-state index in [4.69, 9.17) is 10.5 Å². The molecule has 0 radical (unpaired) electrons. The highest BCUT2D eigenvalue weighted by molar-refractivity contribution is 5.86. The summed E-state index contributed by atoms with van der Waals surface area (Å²) in [5, 5.41) is 2.26. The van der Waals surface area contributed by atoms with Gasteiger partial charge in [0.2, 0.25) is 17.9 Å². The van der Waals surface area contributed by atoms with Crippen molar-refractivity contribution in [1.29, 1.82) is 0 Å². The van der Waals surface area contributed by atoms with Crippen molar-refractivity contribution in [3.63, 3.8) is 0 Å². The van der Waals surface area contributed by atoms with Crippen molar-refractivity contribution in [3.8, 4) is 0 Å².